The number of aromatic amines is 1. The van der Waals surface area contributed by atoms with Gasteiger partial charge in [0.25, 0.3) is 5.91 Å². The Morgan fingerprint density at radius 2 is 2.26 bits per heavy atom. The number of nitrogens with two attached hydrogens (primary N) is 2. The molecule has 1 heterocycles. The summed E-state index contributed by atoms with van der Waals surface area (Å²) in [5.41, 5.74) is 13.9. The summed E-state index contributed by atoms with van der Waals surface area (Å²) >= 11 is 0. The molecule has 0 bridgehead atoms. The summed E-state index contributed by atoms with van der Waals surface area (Å²) in [6.07, 6.45) is 1.61. The van der Waals surface area contributed by atoms with Crippen LogP contribution in [-0.4, -0.2) is 22.6 Å². The number of nitrogen functional groups attached to an aromatic ring is 1. The summed E-state index contributed by atoms with van der Waals surface area (Å²) in [5, 5.41) is 6.51. The third-order valence-electron chi connectivity index (χ3n) is 2.91. The average Bonchev–Trinajstić information content (AvgIpc) is 2.85. The maximum absolute atomic E-state index is 11.3. The Bertz CT molecular complexity index is 578. The Balaban J connectivity index is 2.25. The molecule has 1 aromatic heterocycles. The first-order chi connectivity index (χ1) is 9.11. The number of amides is 1. The molecular weight excluding hydrogens is 242 g/mol. The van der Waals surface area contributed by atoms with Gasteiger partial charge < -0.3 is 16.4 Å². The topological polar surface area (TPSA) is 101 Å². The number of aromatic nitrogens is 2. The van der Waals surface area contributed by atoms with E-state index in [2.05, 4.69) is 10.2 Å². The van der Waals surface area contributed by atoms with Crippen molar-refractivity contribution in [2.75, 3.05) is 17.2 Å². The minimum atomic E-state index is -0.515. The van der Waals surface area contributed by atoms with Gasteiger partial charge in [-0.2, -0.15) is 5.10 Å². The van der Waals surface area contributed by atoms with Gasteiger partial charge in [0.1, 0.15) is 5.69 Å². The number of anilines is 2. The molecule has 0 aliphatic rings. The molecule has 6 heteroatoms. The first-order valence-electron chi connectivity index (χ1n) is 6.04. The number of hydrogen-bond donors (Lipinski definition) is 3. The van der Waals surface area contributed by atoms with Crippen molar-refractivity contribution in [3.05, 3.63) is 41.7 Å². The van der Waals surface area contributed by atoms with Crippen LogP contribution < -0.4 is 16.4 Å². The molecule has 5 N–H and O–H groups in total. The Morgan fingerprint density at radius 1 is 1.47 bits per heavy atom. The van der Waals surface area contributed by atoms with E-state index in [0.717, 1.165) is 17.8 Å². The van der Waals surface area contributed by atoms with E-state index in [1.807, 2.05) is 36.1 Å². The molecule has 2 rings (SSSR count). The highest BCUT2D eigenvalue weighted by Gasteiger charge is 2.16. The zero-order valence-corrected chi connectivity index (χ0v) is 10.8. The van der Waals surface area contributed by atoms with Crippen LogP contribution in [0.3, 0.4) is 0 Å². The van der Waals surface area contributed by atoms with Crippen LogP contribution in [0.4, 0.5) is 11.4 Å². The fraction of sp³-hybridized carbons (Fsp3) is 0.231. The van der Waals surface area contributed by atoms with Gasteiger partial charge in [0.15, 0.2) is 0 Å². The number of rotatable bonds is 5. The molecule has 0 spiro atoms. The van der Waals surface area contributed by atoms with E-state index >= 15 is 0 Å². The lowest BCUT2D eigenvalue weighted by Crippen LogP contribution is -2.25. The van der Waals surface area contributed by atoms with Crippen LogP contribution >= 0.6 is 0 Å². The number of primary amides is 1. The number of hydrogen-bond acceptors (Lipinski definition) is 4. The van der Waals surface area contributed by atoms with E-state index in [1.165, 1.54) is 0 Å². The number of nitrogens with one attached hydrogen (secondary N) is 1. The lowest BCUT2D eigenvalue weighted by molar-refractivity contribution is 0.0996. The number of carbonyl (C=O) groups excluding carboxylic acids is 1. The van der Waals surface area contributed by atoms with Gasteiger partial charge in [-0.1, -0.05) is 12.1 Å². The second-order valence-corrected chi connectivity index (χ2v) is 4.25. The number of H-pyrrole nitrogens is 1. The minimum Gasteiger partial charge on any atom is -0.399 e. The van der Waals surface area contributed by atoms with E-state index < -0.39 is 5.91 Å². The van der Waals surface area contributed by atoms with E-state index in [-0.39, 0.29) is 0 Å². The molecule has 100 valence electrons. The quantitative estimate of drug-likeness (QED) is 0.700. The lowest BCUT2D eigenvalue weighted by Gasteiger charge is -2.22. The van der Waals surface area contributed by atoms with Crippen LogP contribution in [0.15, 0.2) is 30.5 Å². The summed E-state index contributed by atoms with van der Waals surface area (Å²) in [7, 11) is 0. The van der Waals surface area contributed by atoms with Gasteiger partial charge in [-0.05, 0) is 24.6 Å². The van der Waals surface area contributed by atoms with Crippen molar-refractivity contribution < 1.29 is 4.79 Å². The molecule has 0 atom stereocenters. The van der Waals surface area contributed by atoms with Crippen LogP contribution in [0.2, 0.25) is 0 Å². The standard InChI is InChI=1S/C13H17N5O/c1-2-18(8-9-4-3-5-10(14)6-9)11-7-16-17-12(11)13(15)19/h3-7H,2,8,14H2,1H3,(H2,15,19)(H,16,17). The van der Waals surface area contributed by atoms with Gasteiger partial charge >= 0.3 is 0 Å². The molecule has 0 aliphatic carbocycles. The SMILES string of the molecule is CCN(Cc1cccc(N)c1)c1cn[nH]c1C(N)=O. The Hall–Kier alpha value is -2.50. The van der Waals surface area contributed by atoms with Gasteiger partial charge in [-0.3, -0.25) is 9.89 Å². The highest BCUT2D eigenvalue weighted by molar-refractivity contribution is 5.96. The van der Waals surface area contributed by atoms with E-state index in [9.17, 15) is 4.79 Å². The number of benzene rings is 1. The average molecular weight is 259 g/mol. The van der Waals surface area contributed by atoms with Crippen LogP contribution in [0.25, 0.3) is 0 Å². The van der Waals surface area contributed by atoms with Crippen molar-refractivity contribution in [3.63, 3.8) is 0 Å². The van der Waals surface area contributed by atoms with Gasteiger partial charge in [0.2, 0.25) is 0 Å². The third kappa shape index (κ3) is 2.85. The van der Waals surface area contributed by atoms with Crippen LogP contribution in [0.1, 0.15) is 23.0 Å². The summed E-state index contributed by atoms with van der Waals surface area (Å²) < 4.78 is 0. The molecule has 6 nitrogen and oxygen atoms in total. The monoisotopic (exact) mass is 259 g/mol. The van der Waals surface area contributed by atoms with Crippen molar-refractivity contribution in [1.29, 1.82) is 0 Å². The molecule has 0 radical (unpaired) electrons. The second kappa shape index (κ2) is 5.43. The molecule has 0 saturated heterocycles. The summed E-state index contributed by atoms with van der Waals surface area (Å²) in [6, 6.07) is 7.64. The van der Waals surface area contributed by atoms with Crippen molar-refractivity contribution in [2.24, 2.45) is 5.73 Å². The molecule has 19 heavy (non-hydrogen) atoms. The molecule has 0 unspecified atom stereocenters. The van der Waals surface area contributed by atoms with Crippen molar-refractivity contribution in [2.45, 2.75) is 13.5 Å². The van der Waals surface area contributed by atoms with E-state index in [1.54, 1.807) is 6.20 Å². The van der Waals surface area contributed by atoms with Gasteiger partial charge in [-0.15, -0.1) is 0 Å². The normalized spacial score (nSPS) is 10.4. The first kappa shape index (κ1) is 12.9. The van der Waals surface area contributed by atoms with Gasteiger partial charge in [-0.25, -0.2) is 0 Å². The third-order valence-corrected chi connectivity index (χ3v) is 2.91. The Kier molecular flexibility index (Phi) is 3.70. The maximum Gasteiger partial charge on any atom is 0.268 e. The summed E-state index contributed by atoms with van der Waals surface area (Å²) in [5.74, 6) is -0.515. The van der Waals surface area contributed by atoms with Gasteiger partial charge in [0.05, 0.1) is 11.9 Å². The minimum absolute atomic E-state index is 0.325. The van der Waals surface area contributed by atoms with Crippen LogP contribution in [-0.2, 0) is 6.54 Å². The highest BCUT2D eigenvalue weighted by atomic mass is 16.1. The molecule has 0 saturated carbocycles. The maximum atomic E-state index is 11.3. The van der Waals surface area contributed by atoms with Gasteiger partial charge in [0, 0.05) is 18.8 Å². The molecule has 2 aromatic rings. The fourth-order valence-electron chi connectivity index (χ4n) is 1.98. The van der Waals surface area contributed by atoms with Crippen molar-refractivity contribution in [3.8, 4) is 0 Å². The highest BCUT2D eigenvalue weighted by Crippen LogP contribution is 2.20. The van der Waals surface area contributed by atoms with Crippen LogP contribution in [0.5, 0.6) is 0 Å². The van der Waals surface area contributed by atoms with Crippen molar-refractivity contribution in [1.82, 2.24) is 10.2 Å². The molecule has 1 aromatic carbocycles. The molecule has 0 aliphatic heterocycles. The predicted octanol–water partition coefficient (Wildman–Crippen LogP) is 1.12. The second-order valence-electron chi connectivity index (χ2n) is 4.25. The van der Waals surface area contributed by atoms with Crippen molar-refractivity contribution >= 4 is 17.3 Å². The Labute approximate surface area is 111 Å². The smallest absolute Gasteiger partial charge is 0.268 e. The van der Waals surface area contributed by atoms with E-state index in [4.69, 9.17) is 11.5 Å². The molecule has 1 amide bonds. The predicted molar refractivity (Wildman–Crippen MR) is 74.7 cm³/mol. The zero-order valence-electron chi connectivity index (χ0n) is 10.8. The summed E-state index contributed by atoms with van der Waals surface area (Å²) in [4.78, 5) is 13.3. The first-order valence-corrected chi connectivity index (χ1v) is 6.04. The number of carbonyl (C=O) groups is 1. The zero-order chi connectivity index (χ0) is 13.8. The largest absolute Gasteiger partial charge is 0.399 e. The van der Waals surface area contributed by atoms with E-state index in [0.29, 0.717) is 17.9 Å². The van der Waals surface area contributed by atoms with Crippen LogP contribution in [0, 0.1) is 0 Å². The lowest BCUT2D eigenvalue weighted by atomic mass is 10.2. The Morgan fingerprint density at radius 3 is 2.89 bits per heavy atom. The fourth-order valence-corrected chi connectivity index (χ4v) is 1.98. The molecule has 0 fully saturated rings. The summed E-state index contributed by atoms with van der Waals surface area (Å²) in [6.45, 7) is 3.38. The molecular formula is C13H17N5O. The number of nitrogens with zero attached hydrogens (tertiary/aromatic N) is 2.